The van der Waals surface area contributed by atoms with Gasteiger partial charge < -0.3 is 15.0 Å². The molecule has 1 fully saturated rings. The molecule has 3 rings (SSSR count). The molecule has 0 saturated carbocycles. The SMILES string of the molecule is CC1OCCC1CNc1nc(Cl)nc2nc[nH]c12. The molecule has 2 unspecified atom stereocenters. The highest BCUT2D eigenvalue weighted by molar-refractivity contribution is 6.28. The molecule has 3 heterocycles. The average Bonchev–Trinajstić information content (AvgIpc) is 2.94. The van der Waals surface area contributed by atoms with Gasteiger partial charge in [-0.15, -0.1) is 0 Å². The Bertz CT molecular complexity index is 557. The zero-order chi connectivity index (χ0) is 12.5. The molecule has 7 heteroatoms. The lowest BCUT2D eigenvalue weighted by atomic mass is 10.0. The van der Waals surface area contributed by atoms with E-state index in [9.17, 15) is 0 Å². The first kappa shape index (κ1) is 11.7. The van der Waals surface area contributed by atoms with Gasteiger partial charge in [0.25, 0.3) is 0 Å². The Morgan fingerprint density at radius 3 is 3.22 bits per heavy atom. The Labute approximate surface area is 109 Å². The van der Waals surface area contributed by atoms with Crippen molar-refractivity contribution in [2.45, 2.75) is 19.4 Å². The van der Waals surface area contributed by atoms with Crippen LogP contribution in [0.3, 0.4) is 0 Å². The third kappa shape index (κ3) is 2.13. The molecule has 6 nitrogen and oxygen atoms in total. The molecule has 2 aromatic rings. The van der Waals surface area contributed by atoms with Crippen molar-refractivity contribution in [2.75, 3.05) is 18.5 Å². The van der Waals surface area contributed by atoms with Crippen molar-refractivity contribution < 1.29 is 4.74 Å². The number of imidazole rings is 1. The van der Waals surface area contributed by atoms with Crippen molar-refractivity contribution in [3.8, 4) is 0 Å². The molecule has 1 aliphatic rings. The van der Waals surface area contributed by atoms with Gasteiger partial charge in [0.2, 0.25) is 5.28 Å². The molecule has 2 aromatic heterocycles. The molecule has 0 aliphatic carbocycles. The molecule has 2 atom stereocenters. The number of hydrogen-bond donors (Lipinski definition) is 2. The molecule has 96 valence electrons. The average molecular weight is 268 g/mol. The number of H-pyrrole nitrogens is 1. The smallest absolute Gasteiger partial charge is 0.226 e. The molecule has 0 amide bonds. The van der Waals surface area contributed by atoms with Gasteiger partial charge in [-0.3, -0.25) is 0 Å². The van der Waals surface area contributed by atoms with Crippen LogP contribution in [0.4, 0.5) is 5.82 Å². The Balaban J connectivity index is 1.79. The molecule has 0 aromatic carbocycles. The van der Waals surface area contributed by atoms with Gasteiger partial charge in [0.05, 0.1) is 12.4 Å². The maximum Gasteiger partial charge on any atom is 0.226 e. The fourth-order valence-electron chi connectivity index (χ4n) is 2.21. The molecule has 1 saturated heterocycles. The summed E-state index contributed by atoms with van der Waals surface area (Å²) in [7, 11) is 0. The highest BCUT2D eigenvalue weighted by atomic mass is 35.5. The standard InChI is InChI=1S/C11H14ClN5O/c1-6-7(2-3-18-6)4-13-9-8-10(15-5-14-8)17-11(12)16-9/h5-7H,2-4H2,1H3,(H2,13,14,15,16,17). The van der Waals surface area contributed by atoms with E-state index < -0.39 is 0 Å². The molecule has 0 radical (unpaired) electrons. The normalized spacial score (nSPS) is 23.7. The quantitative estimate of drug-likeness (QED) is 0.830. The van der Waals surface area contributed by atoms with Crippen LogP contribution < -0.4 is 5.32 Å². The molecule has 0 bridgehead atoms. The van der Waals surface area contributed by atoms with E-state index in [-0.39, 0.29) is 11.4 Å². The largest absolute Gasteiger partial charge is 0.378 e. The van der Waals surface area contributed by atoms with Crippen molar-refractivity contribution in [3.63, 3.8) is 0 Å². The van der Waals surface area contributed by atoms with Gasteiger partial charge in [-0.25, -0.2) is 4.98 Å². The second kappa shape index (κ2) is 4.70. The Hall–Kier alpha value is -1.40. The van der Waals surface area contributed by atoms with Gasteiger partial charge in [0.15, 0.2) is 11.5 Å². The highest BCUT2D eigenvalue weighted by Gasteiger charge is 2.24. The van der Waals surface area contributed by atoms with Crippen LogP contribution in [0.1, 0.15) is 13.3 Å². The lowest BCUT2D eigenvalue weighted by Gasteiger charge is -2.15. The van der Waals surface area contributed by atoms with E-state index in [2.05, 4.69) is 32.2 Å². The number of ether oxygens (including phenoxy) is 1. The third-order valence-corrected chi connectivity index (χ3v) is 3.49. The van der Waals surface area contributed by atoms with Gasteiger partial charge >= 0.3 is 0 Å². The zero-order valence-electron chi connectivity index (χ0n) is 9.98. The van der Waals surface area contributed by atoms with Crippen LogP contribution >= 0.6 is 11.6 Å². The van der Waals surface area contributed by atoms with E-state index in [4.69, 9.17) is 16.3 Å². The van der Waals surface area contributed by atoms with Crippen molar-refractivity contribution in [1.29, 1.82) is 0 Å². The minimum Gasteiger partial charge on any atom is -0.378 e. The number of nitrogens with zero attached hydrogens (tertiary/aromatic N) is 3. The van der Waals surface area contributed by atoms with Crippen LogP contribution in [0.2, 0.25) is 5.28 Å². The monoisotopic (exact) mass is 267 g/mol. The number of aromatic nitrogens is 4. The maximum atomic E-state index is 5.86. The summed E-state index contributed by atoms with van der Waals surface area (Å²) in [6.45, 7) is 3.73. The first-order valence-corrected chi connectivity index (χ1v) is 6.34. The van der Waals surface area contributed by atoms with E-state index in [1.165, 1.54) is 0 Å². The molecular formula is C11H14ClN5O. The number of anilines is 1. The highest BCUT2D eigenvalue weighted by Crippen LogP contribution is 2.23. The molecule has 2 N–H and O–H groups in total. The Kier molecular flexibility index (Phi) is 3.05. The fourth-order valence-corrected chi connectivity index (χ4v) is 2.37. The van der Waals surface area contributed by atoms with E-state index in [0.29, 0.717) is 17.4 Å². The summed E-state index contributed by atoms with van der Waals surface area (Å²) in [6.07, 6.45) is 2.94. The Morgan fingerprint density at radius 2 is 2.44 bits per heavy atom. The van der Waals surface area contributed by atoms with Crippen molar-refractivity contribution >= 4 is 28.6 Å². The van der Waals surface area contributed by atoms with E-state index in [1.54, 1.807) is 6.33 Å². The van der Waals surface area contributed by atoms with Crippen molar-refractivity contribution in [2.24, 2.45) is 5.92 Å². The van der Waals surface area contributed by atoms with E-state index in [1.807, 2.05) is 0 Å². The van der Waals surface area contributed by atoms with Crippen LogP contribution in [0, 0.1) is 5.92 Å². The van der Waals surface area contributed by atoms with Crippen molar-refractivity contribution in [3.05, 3.63) is 11.6 Å². The maximum absolute atomic E-state index is 5.86. The summed E-state index contributed by atoms with van der Waals surface area (Å²) >= 11 is 5.86. The minimum absolute atomic E-state index is 0.202. The summed E-state index contributed by atoms with van der Waals surface area (Å²) in [5, 5.41) is 3.50. The second-order valence-corrected chi connectivity index (χ2v) is 4.79. The van der Waals surface area contributed by atoms with Crippen LogP contribution in [-0.2, 0) is 4.74 Å². The summed E-state index contributed by atoms with van der Waals surface area (Å²) in [5.74, 6) is 1.19. The van der Waals surface area contributed by atoms with Crippen LogP contribution in [0.15, 0.2) is 6.33 Å². The predicted octanol–water partition coefficient (Wildman–Crippen LogP) is 1.84. The first-order chi connectivity index (χ1) is 8.74. The molecule has 0 spiro atoms. The van der Waals surface area contributed by atoms with Gasteiger partial charge in [-0.1, -0.05) is 0 Å². The van der Waals surface area contributed by atoms with Gasteiger partial charge in [-0.05, 0) is 24.9 Å². The Morgan fingerprint density at radius 1 is 1.56 bits per heavy atom. The number of nitrogens with one attached hydrogen (secondary N) is 2. The minimum atomic E-state index is 0.202. The molecule has 18 heavy (non-hydrogen) atoms. The zero-order valence-corrected chi connectivity index (χ0v) is 10.7. The number of halogens is 1. The van der Waals surface area contributed by atoms with Crippen molar-refractivity contribution in [1.82, 2.24) is 19.9 Å². The van der Waals surface area contributed by atoms with Crippen LogP contribution in [-0.4, -0.2) is 39.2 Å². The van der Waals surface area contributed by atoms with E-state index in [0.717, 1.165) is 25.1 Å². The fraction of sp³-hybridized carbons (Fsp3) is 0.545. The first-order valence-electron chi connectivity index (χ1n) is 5.96. The summed E-state index contributed by atoms with van der Waals surface area (Å²) in [4.78, 5) is 15.3. The third-order valence-electron chi connectivity index (χ3n) is 3.32. The van der Waals surface area contributed by atoms with Gasteiger partial charge in [0, 0.05) is 19.1 Å². The summed E-state index contributed by atoms with van der Waals surface area (Å²) in [6, 6.07) is 0. The van der Waals surface area contributed by atoms with Crippen LogP contribution in [0.25, 0.3) is 11.2 Å². The number of aromatic amines is 1. The summed E-state index contributed by atoms with van der Waals surface area (Å²) < 4.78 is 5.53. The van der Waals surface area contributed by atoms with Crippen LogP contribution in [0.5, 0.6) is 0 Å². The molecule has 1 aliphatic heterocycles. The lowest BCUT2D eigenvalue weighted by Crippen LogP contribution is -2.21. The van der Waals surface area contributed by atoms with Gasteiger partial charge in [0.1, 0.15) is 5.52 Å². The second-order valence-electron chi connectivity index (χ2n) is 4.45. The number of rotatable bonds is 3. The van der Waals surface area contributed by atoms with Gasteiger partial charge in [-0.2, -0.15) is 9.97 Å². The number of hydrogen-bond acceptors (Lipinski definition) is 5. The summed E-state index contributed by atoms with van der Waals surface area (Å²) in [5.41, 5.74) is 1.36. The number of fused-ring (bicyclic) bond motifs is 1. The topological polar surface area (TPSA) is 75.7 Å². The molecular weight excluding hydrogens is 254 g/mol. The predicted molar refractivity (Wildman–Crippen MR) is 68.7 cm³/mol. The lowest BCUT2D eigenvalue weighted by molar-refractivity contribution is 0.108. The van der Waals surface area contributed by atoms with E-state index >= 15 is 0 Å².